The number of benzene rings is 3. The topological polar surface area (TPSA) is 28.5 Å². The third-order valence-electron chi connectivity index (χ3n) is 7.47. The van der Waals surface area contributed by atoms with E-state index in [0.29, 0.717) is 5.56 Å². The van der Waals surface area contributed by atoms with E-state index in [0.717, 1.165) is 61.3 Å². The standard InChI is InChI=1S/C31H34FN3O/c1-3-33-15-17-34(18-16-33)31(36)20-26(27-19-23(2)13-14-29(27)32)28-22-35(21-24-9-5-4-6-10-24)30-12-8-7-11-25(28)30/h4-14,19,22,26H,3,15-18,20-21H2,1-2H3. The molecule has 1 aliphatic rings. The molecular weight excluding hydrogens is 449 g/mol. The summed E-state index contributed by atoms with van der Waals surface area (Å²) >= 11 is 0. The molecule has 3 aromatic carbocycles. The Hall–Kier alpha value is -3.44. The molecule has 0 radical (unpaired) electrons. The van der Waals surface area contributed by atoms with Crippen LogP contribution in [0.2, 0.25) is 0 Å². The number of hydrogen-bond acceptors (Lipinski definition) is 2. The summed E-state index contributed by atoms with van der Waals surface area (Å²) in [5, 5.41) is 1.07. The normalized spacial score (nSPS) is 15.4. The Bertz CT molecular complexity index is 1340. The van der Waals surface area contributed by atoms with Gasteiger partial charge in [-0.1, -0.05) is 73.2 Å². The second-order valence-corrected chi connectivity index (χ2v) is 9.81. The molecule has 186 valence electrons. The number of aromatic nitrogens is 1. The van der Waals surface area contributed by atoms with Crippen molar-refractivity contribution in [2.45, 2.75) is 32.7 Å². The number of carbonyl (C=O) groups is 1. The van der Waals surface area contributed by atoms with Crippen molar-refractivity contribution in [3.05, 3.63) is 107 Å². The van der Waals surface area contributed by atoms with E-state index in [4.69, 9.17) is 0 Å². The molecule has 1 amide bonds. The zero-order valence-corrected chi connectivity index (χ0v) is 21.2. The molecule has 4 aromatic rings. The Balaban J connectivity index is 1.55. The van der Waals surface area contributed by atoms with Gasteiger partial charge in [0, 0.05) is 62.2 Å². The first-order chi connectivity index (χ1) is 17.5. The van der Waals surface area contributed by atoms with E-state index < -0.39 is 0 Å². The second-order valence-electron chi connectivity index (χ2n) is 9.81. The number of para-hydroxylation sites is 1. The Morgan fingerprint density at radius 2 is 1.64 bits per heavy atom. The number of amides is 1. The minimum atomic E-state index is -0.358. The molecule has 1 unspecified atom stereocenters. The van der Waals surface area contributed by atoms with Gasteiger partial charge in [0.25, 0.3) is 0 Å². The molecule has 0 N–H and O–H groups in total. The van der Waals surface area contributed by atoms with Crippen LogP contribution in [0, 0.1) is 12.7 Å². The van der Waals surface area contributed by atoms with Crippen molar-refractivity contribution in [2.75, 3.05) is 32.7 Å². The molecule has 5 heteroatoms. The lowest BCUT2D eigenvalue weighted by molar-refractivity contribution is -0.133. The molecule has 5 rings (SSSR count). The minimum absolute atomic E-state index is 0.0940. The first-order valence-corrected chi connectivity index (χ1v) is 12.9. The summed E-state index contributed by atoms with van der Waals surface area (Å²) in [6.45, 7) is 9.09. The lowest BCUT2D eigenvalue weighted by Crippen LogP contribution is -2.48. The molecule has 0 bridgehead atoms. The van der Waals surface area contributed by atoms with Crippen molar-refractivity contribution in [2.24, 2.45) is 0 Å². The number of piperazine rings is 1. The molecule has 36 heavy (non-hydrogen) atoms. The Kier molecular flexibility index (Phi) is 7.19. The molecular formula is C31H34FN3O. The van der Waals surface area contributed by atoms with E-state index in [1.54, 1.807) is 6.07 Å². The minimum Gasteiger partial charge on any atom is -0.343 e. The molecule has 1 aromatic heterocycles. The van der Waals surface area contributed by atoms with Crippen LogP contribution in [0.1, 0.15) is 41.5 Å². The fourth-order valence-corrected chi connectivity index (χ4v) is 5.40. The van der Waals surface area contributed by atoms with Gasteiger partial charge in [-0.25, -0.2) is 4.39 Å². The Morgan fingerprint density at radius 3 is 2.39 bits per heavy atom. The largest absolute Gasteiger partial charge is 0.343 e. The van der Waals surface area contributed by atoms with Crippen molar-refractivity contribution < 1.29 is 9.18 Å². The highest BCUT2D eigenvalue weighted by atomic mass is 19.1. The van der Waals surface area contributed by atoms with Crippen LogP contribution in [0.25, 0.3) is 10.9 Å². The molecule has 0 aliphatic carbocycles. The molecule has 0 saturated carbocycles. The fourth-order valence-electron chi connectivity index (χ4n) is 5.40. The number of hydrogen-bond donors (Lipinski definition) is 0. The van der Waals surface area contributed by atoms with Gasteiger partial charge in [-0.15, -0.1) is 0 Å². The van der Waals surface area contributed by atoms with Crippen LogP contribution < -0.4 is 0 Å². The SMILES string of the molecule is CCN1CCN(C(=O)CC(c2cc(C)ccc2F)c2cn(Cc3ccccc3)c3ccccc23)CC1. The number of rotatable bonds is 7. The van der Waals surface area contributed by atoms with Crippen LogP contribution in [-0.2, 0) is 11.3 Å². The number of nitrogens with zero attached hydrogens (tertiary/aromatic N) is 3. The summed E-state index contributed by atoms with van der Waals surface area (Å²) in [6.07, 6.45) is 2.39. The van der Waals surface area contributed by atoms with Crippen LogP contribution in [0.15, 0.2) is 79.0 Å². The highest BCUT2D eigenvalue weighted by molar-refractivity contribution is 5.87. The van der Waals surface area contributed by atoms with E-state index >= 15 is 4.39 Å². The summed E-state index contributed by atoms with van der Waals surface area (Å²) in [5.74, 6) is -0.519. The molecule has 0 spiro atoms. The predicted octanol–water partition coefficient (Wildman–Crippen LogP) is 5.82. The second kappa shape index (κ2) is 10.7. The smallest absolute Gasteiger partial charge is 0.223 e. The van der Waals surface area contributed by atoms with Gasteiger partial charge in [-0.2, -0.15) is 0 Å². The van der Waals surface area contributed by atoms with E-state index in [-0.39, 0.29) is 24.1 Å². The first-order valence-electron chi connectivity index (χ1n) is 12.9. The monoisotopic (exact) mass is 483 g/mol. The van der Waals surface area contributed by atoms with Gasteiger partial charge in [-0.05, 0) is 42.3 Å². The van der Waals surface area contributed by atoms with Crippen LogP contribution in [0.3, 0.4) is 0 Å². The molecule has 2 heterocycles. The van der Waals surface area contributed by atoms with Gasteiger partial charge in [0.05, 0.1) is 0 Å². The van der Waals surface area contributed by atoms with Gasteiger partial charge in [0.15, 0.2) is 0 Å². The maximum atomic E-state index is 15.3. The van der Waals surface area contributed by atoms with Crippen molar-refractivity contribution in [1.29, 1.82) is 0 Å². The number of carbonyl (C=O) groups excluding carboxylic acids is 1. The van der Waals surface area contributed by atoms with Gasteiger partial charge >= 0.3 is 0 Å². The number of halogens is 1. The van der Waals surface area contributed by atoms with Crippen LogP contribution in [-0.4, -0.2) is 53.0 Å². The third kappa shape index (κ3) is 5.07. The average Bonchev–Trinajstić information content (AvgIpc) is 3.27. The molecule has 1 fully saturated rings. The number of likely N-dealkylation sites (N-methyl/N-ethyl adjacent to an activating group) is 1. The van der Waals surface area contributed by atoms with Crippen molar-refractivity contribution in [1.82, 2.24) is 14.4 Å². The number of fused-ring (bicyclic) bond motifs is 1. The lowest BCUT2D eigenvalue weighted by Gasteiger charge is -2.35. The zero-order valence-electron chi connectivity index (χ0n) is 21.2. The first kappa shape index (κ1) is 24.3. The lowest BCUT2D eigenvalue weighted by atomic mass is 9.86. The van der Waals surface area contributed by atoms with Gasteiger partial charge in [-0.3, -0.25) is 4.79 Å². The summed E-state index contributed by atoms with van der Waals surface area (Å²) in [5.41, 5.74) is 4.89. The molecule has 4 nitrogen and oxygen atoms in total. The highest BCUT2D eigenvalue weighted by Gasteiger charge is 2.28. The zero-order chi connectivity index (χ0) is 25.1. The quantitative estimate of drug-likeness (QED) is 0.331. The van der Waals surface area contributed by atoms with Crippen LogP contribution >= 0.6 is 0 Å². The van der Waals surface area contributed by atoms with Crippen LogP contribution in [0.4, 0.5) is 4.39 Å². The maximum Gasteiger partial charge on any atom is 0.223 e. The van der Waals surface area contributed by atoms with Crippen LogP contribution in [0.5, 0.6) is 0 Å². The van der Waals surface area contributed by atoms with E-state index in [2.05, 4.69) is 46.9 Å². The average molecular weight is 484 g/mol. The van der Waals surface area contributed by atoms with Gasteiger partial charge in [0.2, 0.25) is 5.91 Å². The summed E-state index contributed by atoms with van der Waals surface area (Å²) in [6, 6.07) is 23.8. The summed E-state index contributed by atoms with van der Waals surface area (Å²) < 4.78 is 17.5. The Labute approximate surface area is 213 Å². The maximum absolute atomic E-state index is 15.3. The Morgan fingerprint density at radius 1 is 0.917 bits per heavy atom. The molecule has 1 aliphatic heterocycles. The summed E-state index contributed by atoms with van der Waals surface area (Å²) in [4.78, 5) is 17.9. The predicted molar refractivity (Wildman–Crippen MR) is 144 cm³/mol. The van der Waals surface area contributed by atoms with Crippen molar-refractivity contribution in [3.8, 4) is 0 Å². The molecule has 1 atom stereocenters. The number of aryl methyl sites for hydroxylation is 1. The van der Waals surface area contributed by atoms with E-state index in [1.807, 2.05) is 48.2 Å². The van der Waals surface area contributed by atoms with E-state index in [1.165, 1.54) is 11.6 Å². The highest BCUT2D eigenvalue weighted by Crippen LogP contribution is 2.37. The third-order valence-corrected chi connectivity index (χ3v) is 7.47. The van der Waals surface area contributed by atoms with Gasteiger partial charge in [0.1, 0.15) is 5.82 Å². The summed E-state index contributed by atoms with van der Waals surface area (Å²) in [7, 11) is 0. The van der Waals surface area contributed by atoms with Gasteiger partial charge < -0.3 is 14.4 Å². The fraction of sp³-hybridized carbons (Fsp3) is 0.323. The molecule has 1 saturated heterocycles. The van der Waals surface area contributed by atoms with Crippen molar-refractivity contribution in [3.63, 3.8) is 0 Å². The van der Waals surface area contributed by atoms with Crippen molar-refractivity contribution >= 4 is 16.8 Å². The van der Waals surface area contributed by atoms with E-state index in [9.17, 15) is 4.79 Å².